The highest BCUT2D eigenvalue weighted by molar-refractivity contribution is 5.84. The van der Waals surface area contributed by atoms with E-state index in [4.69, 9.17) is 0 Å². The summed E-state index contributed by atoms with van der Waals surface area (Å²) in [5.41, 5.74) is 1.66. The predicted molar refractivity (Wildman–Crippen MR) is 115 cm³/mol. The standard InChI is InChI=1S/C23H28FN5O/c1-28(2)23(16-6-4-3-5-7-16)10-8-22(9-11-23)15-29(21(30)27-22)17-12-18-19(24)14-26-20(18)25-13-17/h3-7,13-14,17,26H,8-12,15H2,1-2H3,(H,27,30)/t17?,22-,23+. The molecule has 2 aromatic rings. The molecular weight excluding hydrogens is 381 g/mol. The first-order valence-electron chi connectivity index (χ1n) is 10.6. The van der Waals surface area contributed by atoms with Crippen molar-refractivity contribution in [1.29, 1.82) is 0 Å². The molecule has 3 aliphatic rings. The Hall–Kier alpha value is -2.67. The summed E-state index contributed by atoms with van der Waals surface area (Å²) in [4.78, 5) is 24.2. The largest absolute Gasteiger partial charge is 0.344 e. The van der Waals surface area contributed by atoms with Gasteiger partial charge in [0.05, 0.1) is 11.6 Å². The minimum Gasteiger partial charge on any atom is -0.344 e. The van der Waals surface area contributed by atoms with E-state index in [1.165, 1.54) is 11.8 Å². The summed E-state index contributed by atoms with van der Waals surface area (Å²) >= 11 is 0. The van der Waals surface area contributed by atoms with E-state index >= 15 is 0 Å². The third-order valence-corrected chi connectivity index (χ3v) is 7.41. The number of benzene rings is 1. The molecule has 2 aliphatic heterocycles. The summed E-state index contributed by atoms with van der Waals surface area (Å²) in [6.07, 6.45) is 7.35. The Morgan fingerprint density at radius 2 is 1.90 bits per heavy atom. The molecular formula is C23H28FN5O. The number of aliphatic imine (C=N–C) groups is 1. The molecule has 1 spiro atoms. The molecule has 1 saturated heterocycles. The minimum absolute atomic E-state index is 0.0138. The number of nitrogens with one attached hydrogen (secondary N) is 2. The van der Waals surface area contributed by atoms with Crippen LogP contribution < -0.4 is 5.32 Å². The third kappa shape index (κ3) is 2.95. The lowest BCUT2D eigenvalue weighted by Crippen LogP contribution is -2.54. The summed E-state index contributed by atoms with van der Waals surface area (Å²) < 4.78 is 14.0. The van der Waals surface area contributed by atoms with Crippen molar-refractivity contribution in [3.63, 3.8) is 0 Å². The van der Waals surface area contributed by atoms with Crippen molar-refractivity contribution in [3.8, 4) is 0 Å². The van der Waals surface area contributed by atoms with Crippen LogP contribution in [0.15, 0.2) is 41.5 Å². The van der Waals surface area contributed by atoms with Crippen molar-refractivity contribution >= 4 is 18.1 Å². The van der Waals surface area contributed by atoms with Crippen LogP contribution in [-0.2, 0) is 12.0 Å². The van der Waals surface area contributed by atoms with Crippen LogP contribution in [0.3, 0.4) is 0 Å². The molecule has 1 aromatic heterocycles. The van der Waals surface area contributed by atoms with Gasteiger partial charge in [-0.25, -0.2) is 14.2 Å². The molecule has 0 radical (unpaired) electrons. The van der Waals surface area contributed by atoms with Crippen LogP contribution in [0.25, 0.3) is 0 Å². The maximum atomic E-state index is 14.0. The summed E-state index contributed by atoms with van der Waals surface area (Å²) in [7, 11) is 4.29. The third-order valence-electron chi connectivity index (χ3n) is 7.41. The Morgan fingerprint density at radius 3 is 2.60 bits per heavy atom. The second kappa shape index (κ2) is 6.94. The van der Waals surface area contributed by atoms with Crippen molar-refractivity contribution < 1.29 is 9.18 Å². The molecule has 3 heterocycles. The van der Waals surface area contributed by atoms with Gasteiger partial charge in [-0.2, -0.15) is 0 Å². The van der Waals surface area contributed by atoms with E-state index < -0.39 is 0 Å². The van der Waals surface area contributed by atoms with Crippen molar-refractivity contribution in [2.24, 2.45) is 4.99 Å². The number of hydrogen-bond donors (Lipinski definition) is 2. The zero-order valence-electron chi connectivity index (χ0n) is 17.5. The number of hydrogen-bond acceptors (Lipinski definition) is 3. The predicted octanol–water partition coefficient (Wildman–Crippen LogP) is 3.58. The lowest BCUT2D eigenvalue weighted by molar-refractivity contribution is 0.0614. The van der Waals surface area contributed by atoms with Gasteiger partial charge in [0.15, 0.2) is 0 Å². The Bertz CT molecular complexity index is 975. The number of H-pyrrole nitrogens is 1. The topological polar surface area (TPSA) is 63.7 Å². The maximum Gasteiger partial charge on any atom is 0.318 e. The number of carbonyl (C=O) groups is 1. The Kier molecular flexibility index (Phi) is 4.47. The number of fused-ring (bicyclic) bond motifs is 1. The number of aromatic amines is 1. The first kappa shape index (κ1) is 19.3. The zero-order chi connectivity index (χ0) is 20.9. The molecule has 30 heavy (non-hydrogen) atoms. The highest BCUT2D eigenvalue weighted by Crippen LogP contribution is 2.46. The fourth-order valence-corrected chi connectivity index (χ4v) is 5.51. The van der Waals surface area contributed by atoms with Gasteiger partial charge in [0.2, 0.25) is 0 Å². The highest BCUT2D eigenvalue weighted by atomic mass is 19.1. The first-order chi connectivity index (χ1) is 14.4. The SMILES string of the molecule is CN(C)[C@]1(c2ccccc2)CC[C@]2(CC1)CN(C1C=Nc3[nH]cc(F)c3C1)C(=O)N2. The molecule has 0 bridgehead atoms. The van der Waals surface area contributed by atoms with Gasteiger partial charge in [0.1, 0.15) is 11.6 Å². The lowest BCUT2D eigenvalue weighted by atomic mass is 9.69. The smallest absolute Gasteiger partial charge is 0.318 e. The van der Waals surface area contributed by atoms with Crippen molar-refractivity contribution in [2.45, 2.75) is 49.2 Å². The van der Waals surface area contributed by atoms with E-state index in [-0.39, 0.29) is 29.0 Å². The Morgan fingerprint density at radius 1 is 1.17 bits per heavy atom. The van der Waals surface area contributed by atoms with Gasteiger partial charge in [-0.3, -0.25) is 4.90 Å². The van der Waals surface area contributed by atoms with E-state index in [1.54, 1.807) is 6.21 Å². The van der Waals surface area contributed by atoms with Crippen molar-refractivity contribution in [2.75, 3.05) is 20.6 Å². The van der Waals surface area contributed by atoms with Crippen LogP contribution in [0, 0.1) is 5.82 Å². The second-order valence-corrected chi connectivity index (χ2v) is 9.14. The number of halogens is 1. The fraction of sp³-hybridized carbons (Fsp3) is 0.478. The second-order valence-electron chi connectivity index (χ2n) is 9.14. The van der Waals surface area contributed by atoms with Crippen LogP contribution in [0.5, 0.6) is 0 Å². The zero-order valence-corrected chi connectivity index (χ0v) is 17.5. The van der Waals surface area contributed by atoms with Crippen LogP contribution in [0.4, 0.5) is 15.0 Å². The molecule has 1 aromatic carbocycles. The summed E-state index contributed by atoms with van der Waals surface area (Å²) in [5, 5.41) is 3.28. The molecule has 2 amide bonds. The summed E-state index contributed by atoms with van der Waals surface area (Å²) in [6.45, 7) is 0.641. The quantitative estimate of drug-likeness (QED) is 0.814. The maximum absolute atomic E-state index is 14.0. The van der Waals surface area contributed by atoms with Gasteiger partial charge >= 0.3 is 6.03 Å². The fourth-order valence-electron chi connectivity index (χ4n) is 5.51. The van der Waals surface area contributed by atoms with Gasteiger partial charge in [0.25, 0.3) is 0 Å². The molecule has 6 nitrogen and oxygen atoms in total. The van der Waals surface area contributed by atoms with Crippen LogP contribution >= 0.6 is 0 Å². The van der Waals surface area contributed by atoms with Gasteiger partial charge in [0, 0.05) is 36.5 Å². The number of carbonyl (C=O) groups excluding carboxylic acids is 1. The van der Waals surface area contributed by atoms with Gasteiger partial charge in [-0.05, 0) is 45.3 Å². The molecule has 1 unspecified atom stereocenters. The number of nitrogens with zero attached hydrogens (tertiary/aromatic N) is 3. The lowest BCUT2D eigenvalue weighted by Gasteiger charge is -2.48. The molecule has 2 N–H and O–H groups in total. The normalized spacial score (nSPS) is 30.7. The number of aromatic nitrogens is 1. The van der Waals surface area contributed by atoms with E-state index in [9.17, 15) is 9.18 Å². The van der Waals surface area contributed by atoms with E-state index in [0.717, 1.165) is 25.7 Å². The van der Waals surface area contributed by atoms with Crippen LogP contribution in [-0.4, -0.2) is 59.3 Å². The van der Waals surface area contributed by atoms with E-state index in [2.05, 4.69) is 64.6 Å². The molecule has 158 valence electrons. The number of rotatable bonds is 3. The van der Waals surface area contributed by atoms with Crippen molar-refractivity contribution in [3.05, 3.63) is 53.5 Å². The van der Waals surface area contributed by atoms with Gasteiger partial charge in [-0.1, -0.05) is 30.3 Å². The van der Waals surface area contributed by atoms with E-state index in [0.29, 0.717) is 24.3 Å². The van der Waals surface area contributed by atoms with E-state index in [1.807, 2.05) is 4.90 Å². The van der Waals surface area contributed by atoms with Crippen LogP contribution in [0.2, 0.25) is 0 Å². The molecule has 1 aliphatic carbocycles. The average molecular weight is 410 g/mol. The molecule has 5 rings (SSSR count). The van der Waals surface area contributed by atoms with Crippen molar-refractivity contribution in [1.82, 2.24) is 20.1 Å². The molecule has 7 heteroatoms. The molecule has 1 saturated carbocycles. The molecule has 2 fully saturated rings. The minimum atomic E-state index is -0.280. The highest BCUT2D eigenvalue weighted by Gasteiger charge is 2.51. The molecule has 1 atom stereocenters. The Balaban J connectivity index is 1.33. The monoisotopic (exact) mass is 409 g/mol. The van der Waals surface area contributed by atoms with Gasteiger partial charge < -0.3 is 15.2 Å². The average Bonchev–Trinajstić information content (AvgIpc) is 3.29. The first-order valence-corrected chi connectivity index (χ1v) is 10.6. The number of urea groups is 1. The summed E-state index contributed by atoms with van der Waals surface area (Å²) in [5.74, 6) is 0.284. The van der Waals surface area contributed by atoms with Crippen LogP contribution in [0.1, 0.15) is 36.8 Å². The summed E-state index contributed by atoms with van der Waals surface area (Å²) in [6, 6.07) is 10.4. The Labute approximate surface area is 176 Å². The number of amides is 2. The van der Waals surface area contributed by atoms with Gasteiger partial charge in [-0.15, -0.1) is 0 Å².